The molecule has 1 rings (SSSR count). The van der Waals surface area contributed by atoms with E-state index in [4.69, 9.17) is 14.2 Å². The molecule has 12 nitrogen and oxygen atoms in total. The molecule has 1 aliphatic heterocycles. The van der Waals surface area contributed by atoms with Gasteiger partial charge >= 0.3 is 59.1 Å². The fourth-order valence-electron chi connectivity index (χ4n) is 2.66. The van der Waals surface area contributed by atoms with Gasteiger partial charge in [-0.25, -0.2) is 0 Å². The predicted octanol–water partition coefficient (Wildman–Crippen LogP) is -10.0. The smallest absolute Gasteiger partial charge is 0.547 e. The number of aliphatic hydroxyl groups excluding tert-OH is 2. The molecule has 0 bridgehead atoms. The van der Waals surface area contributed by atoms with E-state index in [1.807, 2.05) is 0 Å². The molecular formula is C18H28Na2O12. The summed E-state index contributed by atoms with van der Waals surface area (Å²) in [6.45, 7) is 3.37. The molecule has 0 amide bonds. The normalized spacial score (nSPS) is 27.1. The van der Waals surface area contributed by atoms with Gasteiger partial charge in [0.25, 0.3) is 0 Å². The second-order valence-electron chi connectivity index (χ2n) is 6.30. The molecule has 0 aromatic carbocycles. The SMILES string of the molecule is CCC(C=O)OC(C(=O)[O-])C(C=O)OC.CCC1OC(C(=O)[O-])C(OC)C(O)C1O.[Na+].[Na+]. The van der Waals surface area contributed by atoms with Crippen molar-refractivity contribution in [3.05, 3.63) is 0 Å². The van der Waals surface area contributed by atoms with Crippen LogP contribution in [0.25, 0.3) is 0 Å². The first-order valence-electron chi connectivity index (χ1n) is 9.18. The van der Waals surface area contributed by atoms with E-state index in [0.717, 1.165) is 0 Å². The zero-order valence-corrected chi connectivity index (χ0v) is 23.2. The number of ether oxygens (including phenoxy) is 4. The van der Waals surface area contributed by atoms with E-state index in [9.17, 15) is 39.6 Å². The number of aldehydes is 2. The quantitative estimate of drug-likeness (QED) is 0.209. The molecule has 0 radical (unpaired) electrons. The second kappa shape index (κ2) is 19.4. The van der Waals surface area contributed by atoms with Crippen LogP contribution < -0.4 is 69.3 Å². The van der Waals surface area contributed by atoms with Crippen LogP contribution in [0.4, 0.5) is 0 Å². The third-order valence-corrected chi connectivity index (χ3v) is 4.41. The Balaban J connectivity index is -0.000000495. The van der Waals surface area contributed by atoms with E-state index in [2.05, 4.69) is 4.74 Å². The number of carboxylic acids is 2. The van der Waals surface area contributed by atoms with E-state index in [1.165, 1.54) is 14.2 Å². The summed E-state index contributed by atoms with van der Waals surface area (Å²) < 4.78 is 19.3. The second-order valence-corrected chi connectivity index (χ2v) is 6.30. The van der Waals surface area contributed by atoms with Crippen LogP contribution in [0.3, 0.4) is 0 Å². The first-order valence-corrected chi connectivity index (χ1v) is 9.18. The van der Waals surface area contributed by atoms with Gasteiger partial charge in [-0.2, -0.15) is 0 Å². The third-order valence-electron chi connectivity index (χ3n) is 4.41. The van der Waals surface area contributed by atoms with Gasteiger partial charge in [0, 0.05) is 14.2 Å². The van der Waals surface area contributed by atoms with Crippen molar-refractivity contribution in [1.29, 1.82) is 0 Å². The van der Waals surface area contributed by atoms with Crippen molar-refractivity contribution < 1.29 is 118 Å². The number of rotatable bonds is 11. The number of aliphatic hydroxyl groups is 2. The number of methoxy groups -OCH3 is 2. The van der Waals surface area contributed by atoms with Crippen molar-refractivity contribution in [1.82, 2.24) is 0 Å². The fourth-order valence-corrected chi connectivity index (χ4v) is 2.66. The van der Waals surface area contributed by atoms with Gasteiger partial charge in [0.2, 0.25) is 0 Å². The van der Waals surface area contributed by atoms with E-state index < -0.39 is 60.8 Å². The molecular weight excluding hydrogens is 454 g/mol. The Labute approximate surface area is 230 Å². The van der Waals surface area contributed by atoms with E-state index in [0.29, 0.717) is 19.1 Å². The van der Waals surface area contributed by atoms with Crippen molar-refractivity contribution in [2.75, 3.05) is 14.2 Å². The van der Waals surface area contributed by atoms with Gasteiger partial charge in [-0.1, -0.05) is 13.8 Å². The molecule has 14 heteroatoms. The molecule has 0 spiro atoms. The van der Waals surface area contributed by atoms with Gasteiger partial charge in [0.15, 0.2) is 6.29 Å². The van der Waals surface area contributed by atoms with Crippen LogP contribution in [0.15, 0.2) is 0 Å². The van der Waals surface area contributed by atoms with E-state index >= 15 is 0 Å². The number of hydrogen-bond acceptors (Lipinski definition) is 12. The van der Waals surface area contributed by atoms with Crippen molar-refractivity contribution in [3.63, 3.8) is 0 Å². The van der Waals surface area contributed by atoms with Crippen LogP contribution in [0.5, 0.6) is 0 Å². The summed E-state index contributed by atoms with van der Waals surface area (Å²) in [6.07, 6.45) is -7.85. The molecule has 0 aromatic rings. The number of carbonyl (C=O) groups excluding carboxylic acids is 4. The summed E-state index contributed by atoms with van der Waals surface area (Å²) in [4.78, 5) is 42.2. The maximum atomic E-state index is 10.7. The largest absolute Gasteiger partial charge is 1.00 e. The zero-order chi connectivity index (χ0) is 23.4. The first kappa shape index (κ1) is 36.6. The maximum absolute atomic E-state index is 10.7. The summed E-state index contributed by atoms with van der Waals surface area (Å²) in [5.74, 6) is -3.04. The van der Waals surface area contributed by atoms with Gasteiger partial charge in [-0.05, 0) is 12.8 Å². The summed E-state index contributed by atoms with van der Waals surface area (Å²) in [5, 5.41) is 40.5. The van der Waals surface area contributed by atoms with Gasteiger partial charge in [0.05, 0.1) is 18.0 Å². The molecule has 174 valence electrons. The van der Waals surface area contributed by atoms with Gasteiger partial charge in [0.1, 0.15) is 49.0 Å². The topological polar surface area (TPSA) is 192 Å². The predicted molar refractivity (Wildman–Crippen MR) is 93.7 cm³/mol. The first-order chi connectivity index (χ1) is 14.1. The van der Waals surface area contributed by atoms with Crippen molar-refractivity contribution in [2.45, 2.75) is 75.5 Å². The minimum atomic E-state index is -1.59. The Morgan fingerprint density at radius 3 is 1.94 bits per heavy atom. The molecule has 1 aliphatic rings. The number of hydrogen-bond donors (Lipinski definition) is 2. The molecule has 32 heavy (non-hydrogen) atoms. The van der Waals surface area contributed by atoms with Crippen LogP contribution in [0, 0.1) is 0 Å². The van der Waals surface area contributed by atoms with Gasteiger partial charge in [-0.3, -0.25) is 0 Å². The molecule has 1 fully saturated rings. The standard InChI is InChI=1S/C9H16O6.C9H14O6.2Na/c1-3-4-5(10)6(11)7(14-2)8(15-4)9(12)13;1-3-6(4-10)15-8(9(12)13)7(5-11)14-2;;/h4-8,10-11H,3H2,1-2H3,(H,12,13);4-8H,3H2,1-2H3,(H,12,13);;/q;;2*+1/p-2. The fraction of sp³-hybridized carbons (Fsp3) is 0.778. The Morgan fingerprint density at radius 1 is 1.06 bits per heavy atom. The summed E-state index contributed by atoms with van der Waals surface area (Å²) in [6, 6.07) is 0. The number of carboxylic acid groups (broad SMARTS) is 2. The molecule has 0 aromatic heterocycles. The summed E-state index contributed by atoms with van der Waals surface area (Å²) >= 11 is 0. The Bertz CT molecular complexity index is 564. The van der Waals surface area contributed by atoms with Crippen molar-refractivity contribution >= 4 is 24.5 Å². The molecule has 1 heterocycles. The minimum Gasteiger partial charge on any atom is -0.547 e. The average Bonchev–Trinajstić information content (AvgIpc) is 2.73. The van der Waals surface area contributed by atoms with E-state index in [-0.39, 0.29) is 65.4 Å². The number of aliphatic carboxylic acids is 2. The van der Waals surface area contributed by atoms with E-state index in [1.54, 1.807) is 13.8 Å². The molecule has 0 saturated carbocycles. The van der Waals surface area contributed by atoms with Crippen LogP contribution >= 0.6 is 0 Å². The van der Waals surface area contributed by atoms with Crippen molar-refractivity contribution in [2.24, 2.45) is 0 Å². The molecule has 8 unspecified atom stereocenters. The monoisotopic (exact) mass is 482 g/mol. The van der Waals surface area contributed by atoms with Crippen LogP contribution in [0.2, 0.25) is 0 Å². The summed E-state index contributed by atoms with van der Waals surface area (Å²) in [5.41, 5.74) is 0. The summed E-state index contributed by atoms with van der Waals surface area (Å²) in [7, 11) is 2.41. The van der Waals surface area contributed by atoms with Gasteiger partial charge in [-0.15, -0.1) is 0 Å². The molecule has 8 atom stereocenters. The third kappa shape index (κ3) is 11.0. The number of carbonyl (C=O) groups is 4. The maximum Gasteiger partial charge on any atom is 1.00 e. The van der Waals surface area contributed by atoms with Gasteiger partial charge < -0.3 is 58.6 Å². The Morgan fingerprint density at radius 2 is 1.62 bits per heavy atom. The minimum absolute atomic E-state index is 0. The van der Waals surface area contributed by atoms with Crippen LogP contribution in [-0.2, 0) is 38.1 Å². The zero-order valence-electron chi connectivity index (χ0n) is 19.2. The molecule has 2 N–H and O–H groups in total. The molecule has 0 aliphatic carbocycles. The Hall–Kier alpha value is 0.0400. The van der Waals surface area contributed by atoms with Crippen molar-refractivity contribution in [3.8, 4) is 0 Å². The Kier molecular flexibility index (Phi) is 22.1. The van der Waals surface area contributed by atoms with Crippen LogP contribution in [0.1, 0.15) is 26.7 Å². The average molecular weight is 482 g/mol. The molecule has 1 saturated heterocycles. The van der Waals surface area contributed by atoms with Crippen LogP contribution in [-0.4, -0.2) is 97.8 Å².